The van der Waals surface area contributed by atoms with Crippen LogP contribution in [-0.2, 0) is 4.79 Å². The van der Waals surface area contributed by atoms with Gasteiger partial charge in [0.05, 0.1) is 19.2 Å². The summed E-state index contributed by atoms with van der Waals surface area (Å²) in [6, 6.07) is 14.1. The number of piperidine rings is 1. The van der Waals surface area contributed by atoms with Gasteiger partial charge in [-0.3, -0.25) is 4.79 Å². The number of rotatable bonds is 5. The molecule has 0 atom stereocenters. The third kappa shape index (κ3) is 4.64. The molecular weight excluding hydrogens is 362 g/mol. The number of carbonyl (C=O) groups is 1. The van der Waals surface area contributed by atoms with E-state index in [9.17, 15) is 4.79 Å². The van der Waals surface area contributed by atoms with Gasteiger partial charge in [0.15, 0.2) is 11.5 Å². The van der Waals surface area contributed by atoms with Crippen LogP contribution in [0.4, 0.5) is 0 Å². The van der Waals surface area contributed by atoms with E-state index in [4.69, 9.17) is 21.1 Å². The Bertz CT molecular complexity index is 812. The Morgan fingerprint density at radius 2 is 1.81 bits per heavy atom. The fraction of sp³-hybridized carbons (Fsp3) is 0.318. The molecule has 1 saturated heterocycles. The molecular formula is C22H24ClNO3. The number of ether oxygens (including phenoxy) is 2. The maximum Gasteiger partial charge on any atom is 0.246 e. The van der Waals surface area contributed by atoms with Gasteiger partial charge in [-0.2, -0.15) is 0 Å². The van der Waals surface area contributed by atoms with Crippen molar-refractivity contribution >= 4 is 23.6 Å². The van der Waals surface area contributed by atoms with Crippen LogP contribution in [-0.4, -0.2) is 38.1 Å². The first-order valence-electron chi connectivity index (χ1n) is 9.06. The zero-order valence-electron chi connectivity index (χ0n) is 15.7. The van der Waals surface area contributed by atoms with Gasteiger partial charge >= 0.3 is 0 Å². The second kappa shape index (κ2) is 8.96. The molecule has 142 valence electrons. The predicted octanol–water partition coefficient (Wildman–Crippen LogP) is 4.78. The molecule has 27 heavy (non-hydrogen) atoms. The highest BCUT2D eigenvalue weighted by molar-refractivity contribution is 6.32. The summed E-state index contributed by atoms with van der Waals surface area (Å²) in [5.41, 5.74) is 2.16. The van der Waals surface area contributed by atoms with E-state index in [1.165, 1.54) is 5.56 Å². The first kappa shape index (κ1) is 19.3. The minimum absolute atomic E-state index is 0.0208. The summed E-state index contributed by atoms with van der Waals surface area (Å²) >= 11 is 6.22. The third-order valence-electron chi connectivity index (χ3n) is 4.95. The number of benzene rings is 2. The highest BCUT2D eigenvalue weighted by Crippen LogP contribution is 2.36. The summed E-state index contributed by atoms with van der Waals surface area (Å²) in [5.74, 6) is 1.59. The van der Waals surface area contributed by atoms with Gasteiger partial charge in [-0.1, -0.05) is 41.9 Å². The van der Waals surface area contributed by atoms with Crippen LogP contribution < -0.4 is 9.47 Å². The molecule has 1 aliphatic rings. The van der Waals surface area contributed by atoms with Gasteiger partial charge < -0.3 is 14.4 Å². The number of hydrogen-bond acceptors (Lipinski definition) is 3. The van der Waals surface area contributed by atoms with Crippen LogP contribution in [0.3, 0.4) is 0 Å². The fourth-order valence-electron chi connectivity index (χ4n) is 3.47. The fourth-order valence-corrected chi connectivity index (χ4v) is 3.76. The quantitative estimate of drug-likeness (QED) is 0.695. The zero-order chi connectivity index (χ0) is 19.2. The van der Waals surface area contributed by atoms with Crippen molar-refractivity contribution in [2.24, 2.45) is 0 Å². The maximum atomic E-state index is 12.5. The Hall–Kier alpha value is -2.46. The van der Waals surface area contributed by atoms with Crippen molar-refractivity contribution in [2.45, 2.75) is 18.8 Å². The molecule has 0 aliphatic carbocycles. The van der Waals surface area contributed by atoms with Crippen LogP contribution >= 0.6 is 11.6 Å². The lowest BCUT2D eigenvalue weighted by molar-refractivity contribution is -0.126. The van der Waals surface area contributed by atoms with Crippen LogP contribution in [0.15, 0.2) is 48.5 Å². The van der Waals surface area contributed by atoms with Crippen molar-refractivity contribution in [1.82, 2.24) is 4.90 Å². The summed E-state index contributed by atoms with van der Waals surface area (Å²) in [4.78, 5) is 14.4. The normalized spacial score (nSPS) is 15.1. The molecule has 1 fully saturated rings. The number of carbonyl (C=O) groups excluding carboxylic acids is 1. The minimum Gasteiger partial charge on any atom is -0.493 e. The monoisotopic (exact) mass is 385 g/mol. The lowest BCUT2D eigenvalue weighted by Crippen LogP contribution is -2.36. The Balaban J connectivity index is 1.62. The topological polar surface area (TPSA) is 38.8 Å². The molecule has 0 saturated carbocycles. The van der Waals surface area contributed by atoms with E-state index in [2.05, 4.69) is 24.3 Å². The average molecular weight is 386 g/mol. The van der Waals surface area contributed by atoms with Crippen molar-refractivity contribution < 1.29 is 14.3 Å². The number of halogens is 1. The minimum atomic E-state index is 0.0208. The first-order chi connectivity index (χ1) is 13.1. The van der Waals surface area contributed by atoms with E-state index in [0.29, 0.717) is 22.4 Å². The Morgan fingerprint density at radius 1 is 1.11 bits per heavy atom. The van der Waals surface area contributed by atoms with Crippen LogP contribution in [0.5, 0.6) is 11.5 Å². The number of hydrogen-bond donors (Lipinski definition) is 0. The van der Waals surface area contributed by atoms with Gasteiger partial charge in [-0.15, -0.1) is 0 Å². The van der Waals surface area contributed by atoms with Crippen molar-refractivity contribution in [3.05, 3.63) is 64.7 Å². The maximum absolute atomic E-state index is 12.5. The summed E-state index contributed by atoms with van der Waals surface area (Å²) in [7, 11) is 3.10. The van der Waals surface area contributed by atoms with Crippen molar-refractivity contribution in [3.63, 3.8) is 0 Å². The van der Waals surface area contributed by atoms with Gasteiger partial charge in [0.2, 0.25) is 5.91 Å². The number of nitrogens with zero attached hydrogens (tertiary/aromatic N) is 1. The molecule has 0 aromatic heterocycles. The Kier molecular flexibility index (Phi) is 6.40. The highest BCUT2D eigenvalue weighted by atomic mass is 35.5. The molecule has 1 heterocycles. The molecule has 0 unspecified atom stereocenters. The van der Waals surface area contributed by atoms with Gasteiger partial charge in [-0.25, -0.2) is 0 Å². The molecule has 1 aliphatic heterocycles. The van der Waals surface area contributed by atoms with E-state index in [-0.39, 0.29) is 5.91 Å². The van der Waals surface area contributed by atoms with Crippen LogP contribution in [0.2, 0.25) is 5.02 Å². The predicted molar refractivity (Wildman–Crippen MR) is 109 cm³/mol. The Labute approximate surface area is 165 Å². The number of amides is 1. The first-order valence-corrected chi connectivity index (χ1v) is 9.43. The SMILES string of the molecule is COc1cc(/C=C/C(=O)N2CCC(c3ccccc3)CC2)cc(Cl)c1OC. The molecule has 2 aromatic carbocycles. The zero-order valence-corrected chi connectivity index (χ0v) is 16.4. The molecule has 5 heteroatoms. The molecule has 2 aromatic rings. The molecule has 4 nitrogen and oxygen atoms in total. The van der Waals surface area contributed by atoms with Crippen LogP contribution in [0.1, 0.15) is 29.9 Å². The van der Waals surface area contributed by atoms with E-state index < -0.39 is 0 Å². The Morgan fingerprint density at radius 3 is 2.44 bits per heavy atom. The molecule has 0 bridgehead atoms. The van der Waals surface area contributed by atoms with Gasteiger partial charge in [0.25, 0.3) is 0 Å². The lowest BCUT2D eigenvalue weighted by Gasteiger charge is -2.31. The molecule has 3 rings (SSSR count). The number of likely N-dealkylation sites (tertiary alicyclic amines) is 1. The van der Waals surface area contributed by atoms with Crippen molar-refractivity contribution in [2.75, 3.05) is 27.3 Å². The lowest BCUT2D eigenvalue weighted by atomic mass is 9.89. The van der Waals surface area contributed by atoms with Gasteiger partial charge in [-0.05, 0) is 48.1 Å². The molecule has 1 amide bonds. The summed E-state index contributed by atoms with van der Waals surface area (Å²) in [6.07, 6.45) is 5.34. The van der Waals surface area contributed by atoms with E-state index in [0.717, 1.165) is 31.5 Å². The van der Waals surface area contributed by atoms with Crippen LogP contribution in [0, 0.1) is 0 Å². The van der Waals surface area contributed by atoms with E-state index in [1.807, 2.05) is 11.0 Å². The second-order valence-corrected chi connectivity index (χ2v) is 6.99. The van der Waals surface area contributed by atoms with Crippen LogP contribution in [0.25, 0.3) is 6.08 Å². The molecule has 0 N–H and O–H groups in total. The summed E-state index contributed by atoms with van der Waals surface area (Å²) < 4.78 is 10.5. The van der Waals surface area contributed by atoms with Crippen molar-refractivity contribution in [1.29, 1.82) is 0 Å². The van der Waals surface area contributed by atoms with Gasteiger partial charge in [0.1, 0.15) is 0 Å². The second-order valence-electron chi connectivity index (χ2n) is 6.58. The summed E-state index contributed by atoms with van der Waals surface area (Å²) in [6.45, 7) is 1.55. The van der Waals surface area contributed by atoms with E-state index >= 15 is 0 Å². The third-order valence-corrected chi connectivity index (χ3v) is 5.23. The van der Waals surface area contributed by atoms with Crippen molar-refractivity contribution in [3.8, 4) is 11.5 Å². The summed E-state index contributed by atoms with van der Waals surface area (Å²) in [5, 5.41) is 0.452. The largest absolute Gasteiger partial charge is 0.493 e. The molecule has 0 spiro atoms. The molecule has 0 radical (unpaired) electrons. The average Bonchev–Trinajstić information content (AvgIpc) is 2.72. The van der Waals surface area contributed by atoms with Gasteiger partial charge in [0, 0.05) is 19.2 Å². The highest BCUT2D eigenvalue weighted by Gasteiger charge is 2.22. The van der Waals surface area contributed by atoms with E-state index in [1.54, 1.807) is 38.5 Å². The standard InChI is InChI=1S/C22H24ClNO3/c1-26-20-15-16(14-19(23)22(20)27-2)8-9-21(25)24-12-10-18(11-13-24)17-6-4-3-5-7-17/h3-9,14-15,18H,10-13H2,1-2H3/b9-8+. The number of methoxy groups -OCH3 is 2. The smallest absolute Gasteiger partial charge is 0.246 e.